The SMILES string of the molecule is O=C1CSC(=NN=Cc2cn(-c3ccc(Br)cc3)nc2-c2ccc([N+](=O)[O-])cc2)N1c1ccccc1. The number of nitro benzene ring substituents is 1. The summed E-state index contributed by atoms with van der Waals surface area (Å²) in [5.41, 5.74) is 3.51. The van der Waals surface area contributed by atoms with Crippen LogP contribution in [0.5, 0.6) is 0 Å². The van der Waals surface area contributed by atoms with Crippen molar-refractivity contribution in [2.24, 2.45) is 10.2 Å². The van der Waals surface area contributed by atoms with Gasteiger partial charge in [-0.15, -0.1) is 5.10 Å². The molecule has 0 radical (unpaired) electrons. The van der Waals surface area contributed by atoms with E-state index < -0.39 is 4.92 Å². The molecule has 1 fully saturated rings. The number of non-ortho nitro benzene ring substituents is 1. The second-order valence-electron chi connectivity index (χ2n) is 7.64. The fraction of sp³-hybridized carbons (Fsp3) is 0.0400. The highest BCUT2D eigenvalue weighted by Crippen LogP contribution is 2.28. The van der Waals surface area contributed by atoms with E-state index in [9.17, 15) is 14.9 Å². The topological polar surface area (TPSA) is 106 Å². The average molecular weight is 561 g/mol. The first-order valence-corrected chi connectivity index (χ1v) is 12.5. The van der Waals surface area contributed by atoms with Crippen molar-refractivity contribution < 1.29 is 9.72 Å². The van der Waals surface area contributed by atoms with E-state index in [1.54, 1.807) is 27.9 Å². The van der Waals surface area contributed by atoms with Crippen molar-refractivity contribution in [3.63, 3.8) is 0 Å². The first-order valence-electron chi connectivity index (χ1n) is 10.7. The van der Waals surface area contributed by atoms with Crippen molar-refractivity contribution in [3.05, 3.63) is 105 Å². The monoisotopic (exact) mass is 560 g/mol. The van der Waals surface area contributed by atoms with Gasteiger partial charge in [-0.25, -0.2) is 4.68 Å². The third-order valence-corrected chi connectivity index (χ3v) is 6.75. The van der Waals surface area contributed by atoms with E-state index in [-0.39, 0.29) is 11.6 Å². The number of carbonyl (C=O) groups is 1. The molecule has 0 atom stereocenters. The summed E-state index contributed by atoms with van der Waals surface area (Å²) in [5.74, 6) is 0.230. The summed E-state index contributed by atoms with van der Waals surface area (Å²) in [6.45, 7) is 0. The zero-order valence-corrected chi connectivity index (χ0v) is 21.0. The summed E-state index contributed by atoms with van der Waals surface area (Å²) in [5, 5.41) is 24.8. The minimum Gasteiger partial charge on any atom is -0.273 e. The third-order valence-electron chi connectivity index (χ3n) is 5.31. The van der Waals surface area contributed by atoms with Gasteiger partial charge >= 0.3 is 0 Å². The summed E-state index contributed by atoms with van der Waals surface area (Å²) in [7, 11) is 0. The molecule has 0 spiro atoms. The van der Waals surface area contributed by atoms with E-state index in [0.717, 1.165) is 15.8 Å². The number of benzene rings is 3. The maximum atomic E-state index is 12.4. The number of thioether (sulfide) groups is 1. The number of para-hydroxylation sites is 1. The molecular formula is C25H17BrN6O3S. The van der Waals surface area contributed by atoms with Crippen molar-refractivity contribution in [3.8, 4) is 16.9 Å². The lowest BCUT2D eigenvalue weighted by atomic mass is 10.1. The molecule has 1 aliphatic heterocycles. The molecule has 4 aromatic rings. The zero-order valence-electron chi connectivity index (χ0n) is 18.6. The molecule has 0 N–H and O–H groups in total. The van der Waals surface area contributed by atoms with Gasteiger partial charge in [-0.3, -0.25) is 19.8 Å². The number of nitrogens with zero attached hydrogens (tertiary/aromatic N) is 6. The number of anilines is 1. The Balaban J connectivity index is 1.51. The second-order valence-corrected chi connectivity index (χ2v) is 9.50. The Morgan fingerprint density at radius 2 is 1.72 bits per heavy atom. The minimum atomic E-state index is -0.443. The molecular weight excluding hydrogens is 544 g/mol. The maximum Gasteiger partial charge on any atom is 0.269 e. The summed E-state index contributed by atoms with van der Waals surface area (Å²) >= 11 is 4.75. The largest absolute Gasteiger partial charge is 0.273 e. The Morgan fingerprint density at radius 3 is 2.42 bits per heavy atom. The van der Waals surface area contributed by atoms with Gasteiger partial charge in [0, 0.05) is 33.9 Å². The van der Waals surface area contributed by atoms with E-state index in [4.69, 9.17) is 5.10 Å². The van der Waals surface area contributed by atoms with Gasteiger partial charge in [0.1, 0.15) is 5.69 Å². The fourth-order valence-electron chi connectivity index (χ4n) is 3.58. The number of hydrogen-bond donors (Lipinski definition) is 0. The Bertz CT molecular complexity index is 1480. The molecule has 5 rings (SSSR count). The van der Waals surface area contributed by atoms with Crippen molar-refractivity contribution in [1.82, 2.24) is 9.78 Å². The number of halogens is 1. The molecule has 0 saturated carbocycles. The molecule has 9 nitrogen and oxygen atoms in total. The highest BCUT2D eigenvalue weighted by atomic mass is 79.9. The Hall–Kier alpha value is -4.09. The van der Waals surface area contributed by atoms with Crippen molar-refractivity contribution in [1.29, 1.82) is 0 Å². The van der Waals surface area contributed by atoms with Gasteiger partial charge in [-0.1, -0.05) is 45.9 Å². The molecule has 0 aliphatic carbocycles. The average Bonchev–Trinajstić information content (AvgIpc) is 3.48. The molecule has 1 aliphatic rings. The first-order chi connectivity index (χ1) is 17.5. The highest BCUT2D eigenvalue weighted by molar-refractivity contribution is 9.10. The standard InChI is InChI=1S/C25H17BrN6O3S/c26-19-8-12-20(13-9-19)30-15-18(24(29-30)17-6-10-22(11-7-17)32(34)35)14-27-28-25-31(23(33)16-36-25)21-4-2-1-3-5-21/h1-15H,16H2. The number of amidine groups is 1. The molecule has 1 aromatic heterocycles. The normalized spacial score (nSPS) is 14.8. The lowest BCUT2D eigenvalue weighted by Crippen LogP contribution is -2.28. The first kappa shape index (κ1) is 23.6. The zero-order chi connectivity index (χ0) is 25.1. The summed E-state index contributed by atoms with van der Waals surface area (Å²) in [6, 6.07) is 23.1. The van der Waals surface area contributed by atoms with Gasteiger partial charge < -0.3 is 0 Å². The van der Waals surface area contributed by atoms with E-state index in [1.165, 1.54) is 23.9 Å². The number of rotatable bonds is 6. The van der Waals surface area contributed by atoms with Crippen LogP contribution in [0.2, 0.25) is 0 Å². The predicted molar refractivity (Wildman–Crippen MR) is 145 cm³/mol. The van der Waals surface area contributed by atoms with Gasteiger partial charge in [0.15, 0.2) is 5.17 Å². The van der Waals surface area contributed by atoms with E-state index in [2.05, 4.69) is 26.1 Å². The van der Waals surface area contributed by atoms with Gasteiger partial charge in [-0.2, -0.15) is 10.2 Å². The Kier molecular flexibility index (Phi) is 6.74. The van der Waals surface area contributed by atoms with Crippen molar-refractivity contribution in [2.75, 3.05) is 10.7 Å². The Labute approximate surface area is 218 Å². The summed E-state index contributed by atoms with van der Waals surface area (Å²) < 4.78 is 2.65. The van der Waals surface area contributed by atoms with Crippen molar-refractivity contribution >= 4 is 56.4 Å². The van der Waals surface area contributed by atoms with Gasteiger partial charge in [0.2, 0.25) is 5.91 Å². The van der Waals surface area contributed by atoms with Gasteiger partial charge in [0.25, 0.3) is 5.69 Å². The molecule has 1 saturated heterocycles. The van der Waals surface area contributed by atoms with Gasteiger partial charge in [0.05, 0.1) is 28.3 Å². The number of hydrogen-bond acceptors (Lipinski definition) is 7. The van der Waals surface area contributed by atoms with Crippen molar-refractivity contribution in [2.45, 2.75) is 0 Å². The molecule has 178 valence electrons. The molecule has 2 heterocycles. The highest BCUT2D eigenvalue weighted by Gasteiger charge is 2.29. The number of amides is 1. The number of carbonyl (C=O) groups excluding carboxylic acids is 1. The van der Waals surface area contributed by atoms with Crippen LogP contribution in [0.1, 0.15) is 5.56 Å². The number of aromatic nitrogens is 2. The molecule has 0 bridgehead atoms. The maximum absolute atomic E-state index is 12.4. The van der Waals surface area contributed by atoms with Crippen LogP contribution in [-0.4, -0.2) is 37.7 Å². The summed E-state index contributed by atoms with van der Waals surface area (Å²) in [6.07, 6.45) is 3.38. The lowest BCUT2D eigenvalue weighted by molar-refractivity contribution is -0.384. The molecule has 11 heteroatoms. The van der Waals surface area contributed by atoms with E-state index >= 15 is 0 Å². The van der Waals surface area contributed by atoms with E-state index in [1.807, 2.05) is 60.8 Å². The van der Waals surface area contributed by atoms with Crippen LogP contribution in [0, 0.1) is 10.1 Å². The fourth-order valence-corrected chi connectivity index (χ4v) is 4.67. The third kappa shape index (κ3) is 4.97. The molecule has 3 aromatic carbocycles. The number of nitro groups is 1. The van der Waals surface area contributed by atoms with Crippen LogP contribution in [-0.2, 0) is 4.79 Å². The quantitative estimate of drug-likeness (QED) is 0.171. The summed E-state index contributed by atoms with van der Waals surface area (Å²) in [4.78, 5) is 24.6. The molecule has 0 unspecified atom stereocenters. The van der Waals surface area contributed by atoms with Crippen LogP contribution < -0.4 is 4.90 Å². The van der Waals surface area contributed by atoms with Crippen LogP contribution >= 0.6 is 27.7 Å². The van der Waals surface area contributed by atoms with Crippen LogP contribution in [0.25, 0.3) is 16.9 Å². The van der Waals surface area contributed by atoms with Crippen LogP contribution in [0.4, 0.5) is 11.4 Å². The van der Waals surface area contributed by atoms with E-state index in [0.29, 0.717) is 27.7 Å². The van der Waals surface area contributed by atoms with Crippen LogP contribution in [0.3, 0.4) is 0 Å². The predicted octanol–water partition coefficient (Wildman–Crippen LogP) is 5.68. The lowest BCUT2D eigenvalue weighted by Gasteiger charge is -2.14. The molecule has 36 heavy (non-hydrogen) atoms. The smallest absolute Gasteiger partial charge is 0.269 e. The second kappa shape index (κ2) is 10.3. The minimum absolute atomic E-state index is 0.00311. The Morgan fingerprint density at radius 1 is 1.00 bits per heavy atom. The van der Waals surface area contributed by atoms with Gasteiger partial charge in [-0.05, 0) is 48.5 Å². The van der Waals surface area contributed by atoms with Crippen LogP contribution in [0.15, 0.2) is 99.7 Å². The molecule has 1 amide bonds.